The first-order valence-corrected chi connectivity index (χ1v) is 11.0. The van der Waals surface area contributed by atoms with E-state index in [1.807, 2.05) is 30.6 Å². The first kappa shape index (κ1) is 22.4. The number of hydrogen-bond acceptors (Lipinski definition) is 5. The summed E-state index contributed by atoms with van der Waals surface area (Å²) in [4.78, 5) is 33.4. The van der Waals surface area contributed by atoms with Crippen LogP contribution in [0.15, 0.2) is 48.8 Å². The van der Waals surface area contributed by atoms with Gasteiger partial charge in [-0.3, -0.25) is 4.79 Å². The number of urea groups is 1. The van der Waals surface area contributed by atoms with Crippen molar-refractivity contribution in [3.63, 3.8) is 0 Å². The highest BCUT2D eigenvalue weighted by atomic mass is 16.5. The van der Waals surface area contributed by atoms with Crippen molar-refractivity contribution in [1.82, 2.24) is 24.7 Å². The smallest absolute Gasteiger partial charge is 0.317 e. The summed E-state index contributed by atoms with van der Waals surface area (Å²) >= 11 is 0. The van der Waals surface area contributed by atoms with Crippen molar-refractivity contribution in [2.45, 2.75) is 13.0 Å². The van der Waals surface area contributed by atoms with Gasteiger partial charge in [0.25, 0.3) is 5.91 Å². The topological polar surface area (TPSA) is 88.9 Å². The molecule has 4 rings (SSSR count). The third-order valence-electron chi connectivity index (χ3n) is 5.87. The highest BCUT2D eigenvalue weighted by Crippen LogP contribution is 2.26. The Hall–Kier alpha value is -3.75. The number of amides is 3. The molecule has 9 heteroatoms. The molecular weight excluding hydrogens is 422 g/mol. The lowest BCUT2D eigenvalue weighted by Gasteiger charge is -2.35. The summed E-state index contributed by atoms with van der Waals surface area (Å²) in [6.45, 7) is 3.29. The van der Waals surface area contributed by atoms with Gasteiger partial charge in [0.15, 0.2) is 0 Å². The lowest BCUT2D eigenvalue weighted by molar-refractivity contribution is 0.0661. The minimum Gasteiger partial charge on any atom is -0.497 e. The number of rotatable bonds is 7. The minimum atomic E-state index is -0.109. The quantitative estimate of drug-likeness (QED) is 0.558. The maximum atomic E-state index is 13.0. The number of nitrogens with one attached hydrogen (secondary N) is 1. The molecule has 0 unspecified atom stereocenters. The van der Waals surface area contributed by atoms with Crippen molar-refractivity contribution in [3.8, 4) is 11.5 Å². The maximum absolute atomic E-state index is 13.0. The zero-order valence-electron chi connectivity index (χ0n) is 19.0. The van der Waals surface area contributed by atoms with Crippen molar-refractivity contribution in [1.29, 1.82) is 0 Å². The molecule has 0 atom stereocenters. The highest BCUT2D eigenvalue weighted by Gasteiger charge is 2.26. The number of aryl methyl sites for hydroxylation is 1. The van der Waals surface area contributed by atoms with E-state index in [0.29, 0.717) is 49.8 Å². The van der Waals surface area contributed by atoms with E-state index < -0.39 is 0 Å². The lowest BCUT2D eigenvalue weighted by atomic mass is 10.1. The number of carbonyl (C=O) groups excluding carboxylic acids is 2. The number of fused-ring (bicyclic) bond motifs is 1. The van der Waals surface area contributed by atoms with Crippen LogP contribution in [0.25, 0.3) is 11.0 Å². The number of para-hydroxylation sites is 2. The van der Waals surface area contributed by atoms with Gasteiger partial charge in [-0.1, -0.05) is 12.1 Å². The van der Waals surface area contributed by atoms with Crippen LogP contribution >= 0.6 is 0 Å². The lowest BCUT2D eigenvalue weighted by Crippen LogP contribution is -2.53. The second kappa shape index (κ2) is 10.2. The molecule has 0 radical (unpaired) electrons. The van der Waals surface area contributed by atoms with Crippen LogP contribution in [0.3, 0.4) is 0 Å². The largest absolute Gasteiger partial charge is 0.497 e. The molecule has 1 aromatic heterocycles. The van der Waals surface area contributed by atoms with Crippen LogP contribution in [0, 0.1) is 0 Å². The van der Waals surface area contributed by atoms with Gasteiger partial charge >= 0.3 is 6.03 Å². The Labute approximate surface area is 192 Å². The van der Waals surface area contributed by atoms with Crippen LogP contribution in [0.5, 0.6) is 11.5 Å². The van der Waals surface area contributed by atoms with Crippen molar-refractivity contribution >= 4 is 23.0 Å². The summed E-state index contributed by atoms with van der Waals surface area (Å²) in [6, 6.07) is 13.1. The number of methoxy groups -OCH3 is 2. The van der Waals surface area contributed by atoms with E-state index in [1.54, 1.807) is 35.1 Å². The van der Waals surface area contributed by atoms with Crippen LogP contribution in [0.1, 0.15) is 16.8 Å². The van der Waals surface area contributed by atoms with E-state index in [4.69, 9.17) is 9.47 Å². The molecule has 9 nitrogen and oxygen atoms in total. The van der Waals surface area contributed by atoms with E-state index in [0.717, 1.165) is 24.0 Å². The molecule has 2 heterocycles. The summed E-state index contributed by atoms with van der Waals surface area (Å²) in [5.41, 5.74) is 2.56. The molecule has 1 aliphatic heterocycles. The van der Waals surface area contributed by atoms with Crippen LogP contribution in [0.4, 0.5) is 4.79 Å². The molecule has 3 amide bonds. The second-order valence-corrected chi connectivity index (χ2v) is 7.86. The van der Waals surface area contributed by atoms with Crippen molar-refractivity contribution in [2.75, 3.05) is 46.9 Å². The summed E-state index contributed by atoms with van der Waals surface area (Å²) in [7, 11) is 3.10. The fourth-order valence-corrected chi connectivity index (χ4v) is 4.00. The van der Waals surface area contributed by atoms with Gasteiger partial charge in [-0.25, -0.2) is 9.78 Å². The van der Waals surface area contributed by atoms with Gasteiger partial charge in [0.2, 0.25) is 0 Å². The summed E-state index contributed by atoms with van der Waals surface area (Å²) in [5.74, 6) is 0.999. The fraction of sp³-hybridized carbons (Fsp3) is 0.375. The first-order valence-electron chi connectivity index (χ1n) is 11.0. The molecule has 0 saturated carbocycles. The number of piperazine rings is 1. The number of aromatic nitrogens is 2. The molecule has 0 bridgehead atoms. The number of imidazole rings is 1. The van der Waals surface area contributed by atoms with Crippen LogP contribution in [-0.4, -0.2) is 78.2 Å². The molecule has 3 aromatic rings. The van der Waals surface area contributed by atoms with Crippen LogP contribution < -0.4 is 14.8 Å². The van der Waals surface area contributed by atoms with E-state index >= 15 is 0 Å². The number of benzene rings is 2. The molecular formula is C24H29N5O4. The normalized spacial score (nSPS) is 13.8. The Bertz CT molecular complexity index is 1120. The molecule has 0 spiro atoms. The molecule has 2 aromatic carbocycles. The Morgan fingerprint density at radius 3 is 2.52 bits per heavy atom. The third kappa shape index (κ3) is 5.02. The predicted octanol–water partition coefficient (Wildman–Crippen LogP) is 2.61. The average molecular weight is 452 g/mol. The van der Waals surface area contributed by atoms with Gasteiger partial charge in [-0.15, -0.1) is 0 Å². The van der Waals surface area contributed by atoms with Crippen molar-refractivity contribution in [3.05, 3.63) is 54.4 Å². The number of carbonyl (C=O) groups is 2. The monoisotopic (exact) mass is 451 g/mol. The Morgan fingerprint density at radius 2 is 1.76 bits per heavy atom. The Morgan fingerprint density at radius 1 is 1.00 bits per heavy atom. The second-order valence-electron chi connectivity index (χ2n) is 7.86. The van der Waals surface area contributed by atoms with E-state index in [2.05, 4.69) is 14.9 Å². The van der Waals surface area contributed by atoms with Gasteiger partial charge in [-0.05, 0) is 30.7 Å². The maximum Gasteiger partial charge on any atom is 0.317 e. The predicted molar refractivity (Wildman–Crippen MR) is 125 cm³/mol. The first-order chi connectivity index (χ1) is 16.1. The summed E-state index contributed by atoms with van der Waals surface area (Å²) in [5, 5.41) is 2.99. The zero-order valence-corrected chi connectivity index (χ0v) is 19.0. The van der Waals surface area contributed by atoms with Crippen LogP contribution in [0.2, 0.25) is 0 Å². The average Bonchev–Trinajstić information content (AvgIpc) is 3.28. The highest BCUT2D eigenvalue weighted by molar-refractivity contribution is 5.97. The Kier molecular flexibility index (Phi) is 6.97. The molecule has 33 heavy (non-hydrogen) atoms. The summed E-state index contributed by atoms with van der Waals surface area (Å²) < 4.78 is 12.7. The van der Waals surface area contributed by atoms with Gasteiger partial charge in [-0.2, -0.15) is 0 Å². The van der Waals surface area contributed by atoms with Gasteiger partial charge in [0.05, 0.1) is 37.1 Å². The van der Waals surface area contributed by atoms with Crippen LogP contribution in [-0.2, 0) is 6.54 Å². The van der Waals surface area contributed by atoms with Gasteiger partial charge < -0.3 is 29.2 Å². The van der Waals surface area contributed by atoms with E-state index in [1.165, 1.54) is 7.11 Å². The molecule has 1 aliphatic rings. The van der Waals surface area contributed by atoms with E-state index in [-0.39, 0.29) is 11.9 Å². The zero-order chi connectivity index (χ0) is 23.2. The molecule has 174 valence electrons. The molecule has 1 fully saturated rings. The number of hydrogen-bond donors (Lipinski definition) is 1. The minimum absolute atomic E-state index is 0.0976. The Balaban J connectivity index is 1.23. The van der Waals surface area contributed by atoms with Gasteiger partial charge in [0, 0.05) is 45.3 Å². The number of ether oxygens (including phenoxy) is 2. The van der Waals surface area contributed by atoms with Crippen molar-refractivity contribution in [2.24, 2.45) is 0 Å². The molecule has 1 saturated heterocycles. The van der Waals surface area contributed by atoms with Gasteiger partial charge in [0.1, 0.15) is 11.5 Å². The number of nitrogens with zero attached hydrogens (tertiary/aromatic N) is 4. The SMILES string of the molecule is COc1ccc(C(=O)N2CCN(C(=O)NCCCn3cnc4ccccc43)CC2)c(OC)c1. The fourth-order valence-electron chi connectivity index (χ4n) is 4.00. The molecule has 0 aliphatic carbocycles. The third-order valence-corrected chi connectivity index (χ3v) is 5.87. The van der Waals surface area contributed by atoms with Crippen molar-refractivity contribution < 1.29 is 19.1 Å². The standard InChI is InChI=1S/C24H29N5O4/c1-32-18-8-9-19(22(16-18)33-2)23(30)27-12-14-28(15-13-27)24(31)25-10-5-11-29-17-26-20-6-3-4-7-21(20)29/h3-4,6-9,16-17H,5,10-15H2,1-2H3,(H,25,31). The summed E-state index contributed by atoms with van der Waals surface area (Å²) in [6.07, 6.45) is 2.64. The van der Waals surface area contributed by atoms with E-state index in [9.17, 15) is 9.59 Å². The molecule has 1 N–H and O–H groups in total.